The van der Waals surface area contributed by atoms with Gasteiger partial charge in [0.05, 0.1) is 10.5 Å². The lowest BCUT2D eigenvalue weighted by molar-refractivity contribution is 0.449. The maximum absolute atomic E-state index is 12.1. The lowest BCUT2D eigenvalue weighted by atomic mass is 10.1. The first-order valence-electron chi connectivity index (χ1n) is 7.42. The molecular formula is C17H13NO8S. The van der Waals surface area contributed by atoms with Crippen LogP contribution >= 0.6 is 0 Å². The Labute approximate surface area is 152 Å². The van der Waals surface area contributed by atoms with Crippen LogP contribution < -0.4 is 5.43 Å². The number of nitrogens with zero attached hydrogens (tertiary/aromatic N) is 1. The lowest BCUT2D eigenvalue weighted by Crippen LogP contribution is -2.02. The van der Waals surface area contributed by atoms with E-state index in [1.54, 1.807) is 6.92 Å². The van der Waals surface area contributed by atoms with Crippen LogP contribution in [0.5, 0.6) is 17.2 Å². The number of fused-ring (bicyclic) bond motifs is 1. The number of hydrogen-bond donors (Lipinski definition) is 4. The molecule has 0 unspecified atom stereocenters. The highest BCUT2D eigenvalue weighted by Gasteiger charge is 2.16. The third-order valence-corrected chi connectivity index (χ3v) is 4.56. The van der Waals surface area contributed by atoms with Crippen molar-refractivity contribution in [2.24, 2.45) is 4.99 Å². The summed E-state index contributed by atoms with van der Waals surface area (Å²) in [7, 11) is -4.49. The van der Waals surface area contributed by atoms with Gasteiger partial charge < -0.3 is 19.7 Å². The molecule has 9 nitrogen and oxygen atoms in total. The van der Waals surface area contributed by atoms with E-state index in [0.717, 1.165) is 30.5 Å². The van der Waals surface area contributed by atoms with Gasteiger partial charge in [0.1, 0.15) is 39.7 Å². The van der Waals surface area contributed by atoms with Crippen molar-refractivity contribution in [3.8, 4) is 17.2 Å². The van der Waals surface area contributed by atoms with Gasteiger partial charge in [-0.25, -0.2) is 0 Å². The van der Waals surface area contributed by atoms with Gasteiger partial charge in [0, 0.05) is 24.4 Å². The highest BCUT2D eigenvalue weighted by atomic mass is 32.2. The van der Waals surface area contributed by atoms with Crippen molar-refractivity contribution in [2.45, 2.75) is 11.8 Å². The fourth-order valence-electron chi connectivity index (χ4n) is 2.46. The molecule has 0 aliphatic heterocycles. The molecule has 0 amide bonds. The summed E-state index contributed by atoms with van der Waals surface area (Å²) in [6, 6.07) is 5.24. The summed E-state index contributed by atoms with van der Waals surface area (Å²) < 4.78 is 36.3. The monoisotopic (exact) mass is 391 g/mol. The third kappa shape index (κ3) is 3.48. The predicted octanol–water partition coefficient (Wildman–Crippen LogP) is 2.22. The Morgan fingerprint density at radius 3 is 2.41 bits per heavy atom. The normalized spacial score (nSPS) is 12.1. The summed E-state index contributed by atoms with van der Waals surface area (Å²) >= 11 is 0. The van der Waals surface area contributed by atoms with Crippen LogP contribution in [-0.2, 0) is 10.1 Å². The van der Waals surface area contributed by atoms with Crippen LogP contribution in [0.15, 0.2) is 49.4 Å². The van der Waals surface area contributed by atoms with Crippen LogP contribution in [0.25, 0.3) is 11.0 Å². The molecule has 3 rings (SSSR count). The molecule has 3 aromatic rings. The van der Waals surface area contributed by atoms with E-state index in [1.807, 2.05) is 0 Å². The zero-order valence-electron chi connectivity index (χ0n) is 13.7. The van der Waals surface area contributed by atoms with Crippen LogP contribution in [0.2, 0.25) is 0 Å². The van der Waals surface area contributed by atoms with Crippen LogP contribution in [0.3, 0.4) is 0 Å². The van der Waals surface area contributed by atoms with E-state index in [1.165, 1.54) is 6.07 Å². The molecule has 0 aliphatic carbocycles. The number of aryl methyl sites for hydroxylation is 1. The lowest BCUT2D eigenvalue weighted by Gasteiger charge is -2.07. The maximum Gasteiger partial charge on any atom is 0.294 e. The van der Waals surface area contributed by atoms with E-state index in [-0.39, 0.29) is 22.2 Å². The highest BCUT2D eigenvalue weighted by molar-refractivity contribution is 7.85. The van der Waals surface area contributed by atoms with Gasteiger partial charge in [0.15, 0.2) is 5.43 Å². The van der Waals surface area contributed by atoms with Crippen LogP contribution in [-0.4, -0.2) is 34.5 Å². The van der Waals surface area contributed by atoms with Crippen molar-refractivity contribution in [3.63, 3.8) is 0 Å². The Morgan fingerprint density at radius 1 is 1.07 bits per heavy atom. The Bertz CT molecular complexity index is 1260. The summed E-state index contributed by atoms with van der Waals surface area (Å²) in [6.07, 6.45) is 0.992. The quantitative estimate of drug-likeness (QED) is 0.391. The molecule has 1 heterocycles. The van der Waals surface area contributed by atoms with Crippen molar-refractivity contribution in [2.75, 3.05) is 0 Å². The topological polar surface area (TPSA) is 158 Å². The molecule has 0 spiro atoms. The van der Waals surface area contributed by atoms with Crippen LogP contribution in [0.1, 0.15) is 11.3 Å². The largest absolute Gasteiger partial charge is 0.507 e. The minimum absolute atomic E-state index is 0.00694. The molecule has 2 aromatic carbocycles. The van der Waals surface area contributed by atoms with Gasteiger partial charge in [0.2, 0.25) is 0 Å². The van der Waals surface area contributed by atoms with Gasteiger partial charge in [-0.15, -0.1) is 0 Å². The fraction of sp³-hybridized carbons (Fsp3) is 0.0588. The molecule has 0 radical (unpaired) electrons. The fourth-order valence-corrected chi connectivity index (χ4v) is 2.96. The Kier molecular flexibility index (Phi) is 4.38. The van der Waals surface area contributed by atoms with Crippen molar-refractivity contribution in [1.29, 1.82) is 0 Å². The number of aromatic hydroxyl groups is 3. The SMILES string of the molecule is Cc1cc(=O)c2c(O)c(C=Nc3ccc(S(=O)(=O)O)cc3O)c(O)cc2o1. The molecule has 27 heavy (non-hydrogen) atoms. The van der Waals surface area contributed by atoms with E-state index < -0.39 is 37.7 Å². The number of phenolic OH excluding ortho intramolecular Hbond substituents is 3. The number of phenols is 3. The Balaban J connectivity index is 2.11. The van der Waals surface area contributed by atoms with Crippen molar-refractivity contribution >= 4 is 33.0 Å². The molecule has 10 heteroatoms. The van der Waals surface area contributed by atoms with E-state index in [9.17, 15) is 28.5 Å². The second-order valence-corrected chi connectivity index (χ2v) is 7.06. The minimum Gasteiger partial charge on any atom is -0.507 e. The van der Waals surface area contributed by atoms with Gasteiger partial charge >= 0.3 is 0 Å². The first-order valence-corrected chi connectivity index (χ1v) is 8.86. The second-order valence-electron chi connectivity index (χ2n) is 5.64. The van der Waals surface area contributed by atoms with Gasteiger partial charge in [-0.2, -0.15) is 8.42 Å². The van der Waals surface area contributed by atoms with Gasteiger partial charge in [-0.1, -0.05) is 0 Å². The standard InChI is InChI=1S/C17H13NO8S/c1-8-4-14(21)16-15(26-8)6-12(19)10(17(16)22)7-18-11-3-2-9(5-13(11)20)27(23,24)25/h2-7,19-20,22H,1H3,(H,23,24,25). The zero-order valence-corrected chi connectivity index (χ0v) is 14.6. The number of benzene rings is 2. The van der Waals surface area contributed by atoms with E-state index in [4.69, 9.17) is 8.97 Å². The third-order valence-electron chi connectivity index (χ3n) is 3.71. The number of rotatable bonds is 3. The molecule has 0 bridgehead atoms. The smallest absolute Gasteiger partial charge is 0.294 e. The first kappa shape index (κ1) is 18.4. The molecule has 0 atom stereocenters. The van der Waals surface area contributed by atoms with Crippen molar-refractivity contribution < 1.29 is 32.7 Å². The number of aliphatic imine (C=N–C) groups is 1. The summed E-state index contributed by atoms with van der Waals surface area (Å²) in [5.74, 6) is -1.24. The van der Waals surface area contributed by atoms with Gasteiger partial charge in [0.25, 0.3) is 10.1 Å². The maximum atomic E-state index is 12.1. The Morgan fingerprint density at radius 2 is 1.78 bits per heavy atom. The highest BCUT2D eigenvalue weighted by Crippen LogP contribution is 2.34. The summed E-state index contributed by atoms with van der Waals surface area (Å²) in [5.41, 5.74) is -0.817. The van der Waals surface area contributed by atoms with E-state index >= 15 is 0 Å². The molecular weight excluding hydrogens is 378 g/mol. The average molecular weight is 391 g/mol. The molecule has 0 aliphatic rings. The summed E-state index contributed by atoms with van der Waals surface area (Å²) in [4.78, 5) is 15.4. The first-order chi connectivity index (χ1) is 12.6. The zero-order chi connectivity index (χ0) is 19.9. The van der Waals surface area contributed by atoms with Crippen molar-refractivity contribution in [1.82, 2.24) is 0 Å². The molecule has 0 saturated heterocycles. The molecule has 0 fully saturated rings. The van der Waals surface area contributed by atoms with E-state index in [2.05, 4.69) is 4.99 Å². The van der Waals surface area contributed by atoms with E-state index in [0.29, 0.717) is 5.76 Å². The van der Waals surface area contributed by atoms with Crippen molar-refractivity contribution in [3.05, 3.63) is 51.9 Å². The second kappa shape index (κ2) is 6.41. The minimum atomic E-state index is -4.49. The van der Waals surface area contributed by atoms with Crippen LogP contribution in [0, 0.1) is 6.92 Å². The molecule has 1 aromatic heterocycles. The van der Waals surface area contributed by atoms with Gasteiger partial charge in [-0.05, 0) is 19.1 Å². The summed E-state index contributed by atoms with van der Waals surface area (Å²) in [6.45, 7) is 1.54. The summed E-state index contributed by atoms with van der Waals surface area (Å²) in [5, 5.41) is 30.1. The Hall–Kier alpha value is -3.37. The average Bonchev–Trinajstić information content (AvgIpc) is 2.53. The van der Waals surface area contributed by atoms with Crippen LogP contribution in [0.4, 0.5) is 5.69 Å². The molecule has 0 saturated carbocycles. The van der Waals surface area contributed by atoms with Gasteiger partial charge in [-0.3, -0.25) is 14.3 Å². The molecule has 4 N–H and O–H groups in total. The molecule has 140 valence electrons. The number of hydrogen-bond acceptors (Lipinski definition) is 8. The predicted molar refractivity (Wildman–Crippen MR) is 95.7 cm³/mol.